The molecule has 0 aliphatic rings. The third-order valence-corrected chi connectivity index (χ3v) is 4.31. The Morgan fingerprint density at radius 1 is 1.12 bits per heavy atom. The molecule has 6 nitrogen and oxygen atoms in total. The van der Waals surface area contributed by atoms with Crippen LogP contribution in [0.25, 0.3) is 10.9 Å². The van der Waals surface area contributed by atoms with E-state index in [1.54, 1.807) is 12.1 Å². The van der Waals surface area contributed by atoms with E-state index in [0.29, 0.717) is 5.56 Å². The van der Waals surface area contributed by atoms with Crippen molar-refractivity contribution < 1.29 is 4.92 Å². The standard InChI is InChI=1S/C19H14N4O2/c1-12-18(16-7-2-3-8-17(16)22-12)19(14(10-20)11-21)13-5-4-6-15(9-13)23(24)25/h2-9,14,19,22H,1H3. The highest BCUT2D eigenvalue weighted by Gasteiger charge is 2.30. The van der Waals surface area contributed by atoms with Crippen LogP contribution in [-0.2, 0) is 0 Å². The highest BCUT2D eigenvalue weighted by molar-refractivity contribution is 5.86. The predicted molar refractivity (Wildman–Crippen MR) is 92.7 cm³/mol. The zero-order valence-electron chi connectivity index (χ0n) is 13.4. The first-order valence-electron chi connectivity index (χ1n) is 7.67. The molecule has 2 aromatic carbocycles. The highest BCUT2D eigenvalue weighted by atomic mass is 16.6. The lowest BCUT2D eigenvalue weighted by Crippen LogP contribution is -2.12. The number of hydrogen-bond acceptors (Lipinski definition) is 4. The van der Waals surface area contributed by atoms with E-state index in [1.165, 1.54) is 12.1 Å². The van der Waals surface area contributed by atoms with Gasteiger partial charge in [0.25, 0.3) is 5.69 Å². The largest absolute Gasteiger partial charge is 0.358 e. The quantitative estimate of drug-likeness (QED) is 0.572. The minimum atomic E-state index is -0.958. The molecule has 1 atom stereocenters. The van der Waals surface area contributed by atoms with E-state index in [9.17, 15) is 20.6 Å². The van der Waals surface area contributed by atoms with Gasteiger partial charge in [-0.2, -0.15) is 10.5 Å². The van der Waals surface area contributed by atoms with Gasteiger partial charge in [-0.05, 0) is 24.1 Å². The van der Waals surface area contributed by atoms with E-state index < -0.39 is 16.8 Å². The van der Waals surface area contributed by atoms with Gasteiger partial charge in [0.1, 0.15) is 5.92 Å². The van der Waals surface area contributed by atoms with Crippen molar-refractivity contribution in [3.05, 3.63) is 75.5 Å². The first-order chi connectivity index (χ1) is 12.1. The Labute approximate surface area is 144 Å². The zero-order chi connectivity index (χ0) is 18.0. The zero-order valence-corrected chi connectivity index (χ0v) is 13.4. The summed E-state index contributed by atoms with van der Waals surface area (Å²) in [7, 11) is 0. The molecule has 25 heavy (non-hydrogen) atoms. The van der Waals surface area contributed by atoms with Crippen LogP contribution in [0.1, 0.15) is 22.7 Å². The van der Waals surface area contributed by atoms with Crippen LogP contribution >= 0.6 is 0 Å². The molecule has 0 spiro atoms. The number of nitro benzene ring substituents is 1. The molecule has 1 heterocycles. The van der Waals surface area contributed by atoms with Crippen LogP contribution < -0.4 is 0 Å². The van der Waals surface area contributed by atoms with Gasteiger partial charge in [-0.25, -0.2) is 0 Å². The monoisotopic (exact) mass is 330 g/mol. The molecule has 1 aromatic heterocycles. The number of nitrogens with zero attached hydrogens (tertiary/aromatic N) is 3. The Morgan fingerprint density at radius 2 is 1.84 bits per heavy atom. The van der Waals surface area contributed by atoms with E-state index >= 15 is 0 Å². The van der Waals surface area contributed by atoms with Gasteiger partial charge in [0.05, 0.1) is 17.1 Å². The Balaban J connectivity index is 2.28. The molecule has 0 fully saturated rings. The first-order valence-corrected chi connectivity index (χ1v) is 7.67. The lowest BCUT2D eigenvalue weighted by Gasteiger charge is -2.19. The Hall–Kier alpha value is -3.64. The fourth-order valence-electron chi connectivity index (χ4n) is 3.23. The van der Waals surface area contributed by atoms with Crippen molar-refractivity contribution in [3.63, 3.8) is 0 Å². The molecule has 1 unspecified atom stereocenters. The molecule has 3 aromatic rings. The topological polar surface area (TPSA) is 107 Å². The average molecular weight is 330 g/mol. The molecule has 0 radical (unpaired) electrons. The summed E-state index contributed by atoms with van der Waals surface area (Å²) in [5, 5.41) is 31.0. The van der Waals surface area contributed by atoms with Crippen LogP contribution in [0.4, 0.5) is 5.69 Å². The van der Waals surface area contributed by atoms with Gasteiger partial charge in [-0.3, -0.25) is 10.1 Å². The number of fused-ring (bicyclic) bond motifs is 1. The fraction of sp³-hybridized carbons (Fsp3) is 0.158. The predicted octanol–water partition coefficient (Wildman–Crippen LogP) is 4.18. The van der Waals surface area contributed by atoms with Crippen molar-refractivity contribution in [2.75, 3.05) is 0 Å². The lowest BCUT2D eigenvalue weighted by molar-refractivity contribution is -0.384. The van der Waals surface area contributed by atoms with Crippen molar-refractivity contribution in [1.82, 2.24) is 4.98 Å². The Bertz CT molecular complexity index is 1030. The number of nitrogens with one attached hydrogen (secondary N) is 1. The SMILES string of the molecule is Cc1[nH]c2ccccc2c1C(c1cccc([N+](=O)[O-])c1)C(C#N)C#N. The number of aromatic amines is 1. The van der Waals surface area contributed by atoms with E-state index in [4.69, 9.17) is 0 Å². The number of para-hydroxylation sites is 1. The van der Waals surface area contributed by atoms with Crippen molar-refractivity contribution in [2.45, 2.75) is 12.8 Å². The number of nitriles is 2. The molecule has 6 heteroatoms. The van der Waals surface area contributed by atoms with Gasteiger partial charge in [0.15, 0.2) is 0 Å². The van der Waals surface area contributed by atoms with Crippen LogP contribution in [0.2, 0.25) is 0 Å². The molecule has 0 saturated heterocycles. The maximum Gasteiger partial charge on any atom is 0.269 e. The van der Waals surface area contributed by atoms with Crippen LogP contribution in [0, 0.1) is 45.6 Å². The second kappa shape index (κ2) is 6.46. The van der Waals surface area contributed by atoms with Gasteiger partial charge in [-0.15, -0.1) is 0 Å². The summed E-state index contributed by atoms with van der Waals surface area (Å²) in [5.74, 6) is -1.54. The van der Waals surface area contributed by atoms with Crippen LogP contribution in [0.3, 0.4) is 0 Å². The summed E-state index contributed by atoms with van der Waals surface area (Å²) in [5.41, 5.74) is 3.09. The highest BCUT2D eigenvalue weighted by Crippen LogP contribution is 2.39. The molecule has 0 aliphatic heterocycles. The van der Waals surface area contributed by atoms with Gasteiger partial charge >= 0.3 is 0 Å². The summed E-state index contributed by atoms with van der Waals surface area (Å²) < 4.78 is 0. The lowest BCUT2D eigenvalue weighted by atomic mass is 9.80. The molecule has 3 rings (SSSR count). The molecule has 0 amide bonds. The minimum Gasteiger partial charge on any atom is -0.358 e. The molecular formula is C19H14N4O2. The third-order valence-electron chi connectivity index (χ3n) is 4.31. The maximum atomic E-state index is 11.1. The number of aromatic nitrogens is 1. The van der Waals surface area contributed by atoms with Gasteiger partial charge in [0, 0.05) is 34.6 Å². The summed E-state index contributed by atoms with van der Waals surface area (Å²) >= 11 is 0. The summed E-state index contributed by atoms with van der Waals surface area (Å²) in [4.78, 5) is 13.9. The summed E-state index contributed by atoms with van der Waals surface area (Å²) in [6, 6.07) is 17.8. The number of non-ortho nitro benzene ring substituents is 1. The Morgan fingerprint density at radius 3 is 2.52 bits per heavy atom. The minimum absolute atomic E-state index is 0.0605. The fourth-order valence-corrected chi connectivity index (χ4v) is 3.23. The van der Waals surface area contributed by atoms with Crippen LogP contribution in [-0.4, -0.2) is 9.91 Å². The molecule has 122 valence electrons. The number of nitro groups is 1. The van der Waals surface area contributed by atoms with Crippen molar-refractivity contribution in [2.24, 2.45) is 5.92 Å². The molecule has 0 saturated carbocycles. The number of aryl methyl sites for hydroxylation is 1. The molecule has 1 N–H and O–H groups in total. The second-order valence-electron chi connectivity index (χ2n) is 5.77. The normalized spacial score (nSPS) is 11.8. The summed E-state index contributed by atoms with van der Waals surface area (Å²) in [6.07, 6.45) is 0. The second-order valence-corrected chi connectivity index (χ2v) is 5.77. The van der Waals surface area contributed by atoms with Gasteiger partial charge < -0.3 is 4.98 Å². The van der Waals surface area contributed by atoms with Crippen molar-refractivity contribution in [1.29, 1.82) is 10.5 Å². The Kier molecular flexibility index (Phi) is 4.20. The molecular weight excluding hydrogens is 316 g/mol. The number of hydrogen-bond donors (Lipinski definition) is 1. The van der Waals surface area contributed by atoms with Crippen LogP contribution in [0.5, 0.6) is 0 Å². The smallest absolute Gasteiger partial charge is 0.269 e. The summed E-state index contributed by atoms with van der Waals surface area (Å²) in [6.45, 7) is 1.88. The number of rotatable bonds is 4. The van der Waals surface area contributed by atoms with E-state index in [2.05, 4.69) is 4.98 Å². The van der Waals surface area contributed by atoms with E-state index in [1.807, 2.05) is 43.3 Å². The van der Waals surface area contributed by atoms with Gasteiger partial charge in [-0.1, -0.05) is 30.3 Å². The van der Waals surface area contributed by atoms with Crippen LogP contribution in [0.15, 0.2) is 48.5 Å². The number of H-pyrrole nitrogens is 1. The van der Waals surface area contributed by atoms with Gasteiger partial charge in [0.2, 0.25) is 0 Å². The van der Waals surface area contributed by atoms with Crippen molar-refractivity contribution >= 4 is 16.6 Å². The van der Waals surface area contributed by atoms with E-state index in [0.717, 1.165) is 22.2 Å². The van der Waals surface area contributed by atoms with Crippen molar-refractivity contribution in [3.8, 4) is 12.1 Å². The third kappa shape index (κ3) is 2.82. The number of benzene rings is 2. The average Bonchev–Trinajstić information content (AvgIpc) is 2.95. The molecule has 0 bridgehead atoms. The maximum absolute atomic E-state index is 11.1. The van der Waals surface area contributed by atoms with E-state index in [-0.39, 0.29) is 5.69 Å². The molecule has 0 aliphatic carbocycles. The first kappa shape index (κ1) is 16.2.